The van der Waals surface area contributed by atoms with Gasteiger partial charge >= 0.3 is 261 Å². The summed E-state index contributed by atoms with van der Waals surface area (Å²) < 4.78 is 10.3. The second-order valence-corrected chi connectivity index (χ2v) is 46.9. The van der Waals surface area contributed by atoms with E-state index >= 15 is 0 Å². The van der Waals surface area contributed by atoms with Gasteiger partial charge in [-0.05, 0) is 0 Å². The quantitative estimate of drug-likeness (QED) is 0.188. The summed E-state index contributed by atoms with van der Waals surface area (Å²) in [4.78, 5) is 0. The number of benzene rings is 5. The summed E-state index contributed by atoms with van der Waals surface area (Å²) in [7, 11) is 9.48. The fourth-order valence-corrected chi connectivity index (χ4v) is 70.7. The zero-order valence-corrected chi connectivity index (χ0v) is 30.2. The van der Waals surface area contributed by atoms with E-state index in [2.05, 4.69) is 167 Å². The molecule has 2 nitrogen and oxygen atoms in total. The fraction of sp³-hybridized carbons (Fsp3) is 0.158. The molecule has 0 N–H and O–H groups in total. The molecule has 5 aromatic carbocycles. The van der Waals surface area contributed by atoms with Gasteiger partial charge in [0.05, 0.1) is 0 Å². The Labute approximate surface area is 259 Å². The predicted octanol–water partition coefficient (Wildman–Crippen LogP) is 5.95. The summed E-state index contributed by atoms with van der Waals surface area (Å²) in [5.41, 5.74) is 10.2. The molecule has 0 saturated carbocycles. The van der Waals surface area contributed by atoms with E-state index < -0.39 is 32.0 Å². The van der Waals surface area contributed by atoms with Gasteiger partial charge in [-0.1, -0.05) is 0 Å². The zero-order chi connectivity index (χ0) is 28.8. The van der Waals surface area contributed by atoms with Crippen molar-refractivity contribution in [3.8, 4) is 11.1 Å². The molecule has 2 atom stereocenters. The van der Waals surface area contributed by atoms with Gasteiger partial charge in [-0.2, -0.15) is 0 Å². The van der Waals surface area contributed by atoms with Crippen molar-refractivity contribution >= 4 is 30.7 Å². The van der Waals surface area contributed by atoms with Crippen LogP contribution in [0.4, 0.5) is 0 Å². The molecule has 0 amide bonds. The van der Waals surface area contributed by atoms with Gasteiger partial charge in [-0.15, -0.1) is 0 Å². The molecular formula is C38H37N2SnZr. The Balaban J connectivity index is 1.60. The van der Waals surface area contributed by atoms with Crippen LogP contribution < -0.4 is 10.7 Å². The van der Waals surface area contributed by atoms with E-state index in [4.69, 9.17) is 0 Å². The molecule has 5 aromatic rings. The minimum atomic E-state index is -3.78. The standard InChI is InChI=1S/C15H11.C13H9.C6H5.2C2H6N.Sn.Zr/c1-2-6-12(7-3-1)15-11-10-13-8-4-5-9-14(13)15;1-3-7-12-10(5-1)9-11-6-2-4-8-13(11)12;1-2-4-6-5-3-1;2*1-3-2;;/h1-6,8-11,15H;1-5,7-8H,9H2;1-5H;2*1-2H3;;/q;;;2*-1;;+2. The SMILES string of the molecule is C[N](C)[Zr]([N](C)C)[Sn]([c]1ccccc1)([c]1ccccc1C1C=Cc2ccccc21)[c]1cccc2c1Cc1ccccc1-2. The van der Waals surface area contributed by atoms with Crippen molar-refractivity contribution in [1.82, 2.24) is 5.69 Å². The molecule has 4 heteroatoms. The Kier molecular flexibility index (Phi) is 7.73. The first-order chi connectivity index (χ1) is 20.5. The molecule has 0 aromatic heterocycles. The molecule has 207 valence electrons. The maximum atomic E-state index is 2.70. The van der Waals surface area contributed by atoms with E-state index in [-0.39, 0.29) is 5.92 Å². The Morgan fingerprint density at radius 1 is 0.595 bits per heavy atom. The molecule has 0 heterocycles. The normalized spacial score (nSPS) is 16.3. The zero-order valence-electron chi connectivity index (χ0n) is 24.9. The third-order valence-electron chi connectivity index (χ3n) is 9.14. The molecule has 7 rings (SSSR count). The first kappa shape index (κ1) is 28.2. The molecule has 0 spiro atoms. The number of fused-ring (bicyclic) bond motifs is 4. The molecule has 0 aliphatic heterocycles. The second kappa shape index (κ2) is 11.5. The molecule has 42 heavy (non-hydrogen) atoms. The van der Waals surface area contributed by atoms with Crippen molar-refractivity contribution in [3.05, 3.63) is 155 Å². The fourth-order valence-electron chi connectivity index (χ4n) is 7.72. The molecule has 0 radical (unpaired) electrons. The summed E-state index contributed by atoms with van der Waals surface area (Å²) in [5, 5.41) is 0. The van der Waals surface area contributed by atoms with Crippen molar-refractivity contribution in [1.29, 1.82) is 0 Å². The number of hydrogen-bond acceptors (Lipinski definition) is 2. The van der Waals surface area contributed by atoms with Crippen molar-refractivity contribution in [3.63, 3.8) is 0 Å². The molecule has 0 bridgehead atoms. The first-order valence-electron chi connectivity index (χ1n) is 14.9. The number of allylic oxidation sites excluding steroid dienone is 1. The van der Waals surface area contributed by atoms with Crippen LogP contribution in [0.15, 0.2) is 127 Å². The van der Waals surface area contributed by atoms with Crippen LogP contribution in [0.5, 0.6) is 0 Å². The van der Waals surface area contributed by atoms with Gasteiger partial charge in [-0.3, -0.25) is 0 Å². The minimum absolute atomic E-state index is 0.278. The number of hydrogen-bond donors (Lipinski definition) is 0. The average molecular weight is 732 g/mol. The van der Waals surface area contributed by atoms with E-state index in [1.807, 2.05) is 0 Å². The van der Waals surface area contributed by atoms with Crippen LogP contribution in [-0.2, 0) is 24.6 Å². The molecular weight excluding hydrogens is 694 g/mol. The predicted molar refractivity (Wildman–Crippen MR) is 177 cm³/mol. The summed E-state index contributed by atoms with van der Waals surface area (Å²) in [6.07, 6.45) is 5.81. The van der Waals surface area contributed by atoms with Crippen LogP contribution in [0.1, 0.15) is 33.7 Å². The van der Waals surface area contributed by atoms with Crippen LogP contribution in [0, 0.1) is 0 Å². The molecule has 2 aliphatic rings. The number of nitrogens with zero attached hydrogens (tertiary/aromatic N) is 2. The van der Waals surface area contributed by atoms with Gasteiger partial charge < -0.3 is 0 Å². The Morgan fingerprint density at radius 2 is 1.21 bits per heavy atom. The van der Waals surface area contributed by atoms with Gasteiger partial charge in [0.2, 0.25) is 0 Å². The molecule has 0 fully saturated rings. The van der Waals surface area contributed by atoms with E-state index in [0.29, 0.717) is 0 Å². The van der Waals surface area contributed by atoms with E-state index in [1.165, 1.54) is 33.4 Å². The monoisotopic (exact) mass is 731 g/mol. The van der Waals surface area contributed by atoms with Gasteiger partial charge in [0.1, 0.15) is 0 Å². The van der Waals surface area contributed by atoms with Crippen molar-refractivity contribution in [2.75, 3.05) is 28.2 Å². The van der Waals surface area contributed by atoms with Crippen molar-refractivity contribution < 1.29 is 18.2 Å². The molecule has 0 saturated heterocycles. The van der Waals surface area contributed by atoms with Gasteiger partial charge in [0.15, 0.2) is 0 Å². The molecule has 2 aliphatic carbocycles. The topological polar surface area (TPSA) is 6.48 Å². The van der Waals surface area contributed by atoms with E-state index in [0.717, 1.165) is 6.42 Å². The summed E-state index contributed by atoms with van der Waals surface area (Å²) in [6.45, 7) is 0. The van der Waals surface area contributed by atoms with Crippen molar-refractivity contribution in [2.45, 2.75) is 12.3 Å². The van der Waals surface area contributed by atoms with Crippen LogP contribution in [0.2, 0.25) is 0 Å². The van der Waals surface area contributed by atoms with E-state index in [9.17, 15) is 0 Å². The third-order valence-corrected chi connectivity index (χ3v) is 65.7. The third kappa shape index (κ3) is 4.47. The van der Waals surface area contributed by atoms with Gasteiger partial charge in [-0.25, -0.2) is 0 Å². The summed E-state index contributed by atoms with van der Waals surface area (Å²) >= 11 is -6.35. The number of rotatable bonds is 7. The van der Waals surface area contributed by atoms with Crippen LogP contribution in [-0.4, -0.2) is 47.7 Å². The van der Waals surface area contributed by atoms with Crippen LogP contribution in [0.3, 0.4) is 0 Å². The Bertz CT molecular complexity index is 1790. The van der Waals surface area contributed by atoms with Crippen LogP contribution >= 0.6 is 0 Å². The second-order valence-electron chi connectivity index (χ2n) is 11.9. The average Bonchev–Trinajstić information content (AvgIpc) is 3.62. The van der Waals surface area contributed by atoms with Gasteiger partial charge in [0.25, 0.3) is 0 Å². The molecule has 2 unspecified atom stereocenters. The maximum absolute atomic E-state index is 3.78. The Morgan fingerprint density at radius 3 is 2.00 bits per heavy atom. The Hall–Kier alpha value is -2.56. The van der Waals surface area contributed by atoms with Crippen LogP contribution in [0.25, 0.3) is 17.2 Å². The van der Waals surface area contributed by atoms with Gasteiger partial charge in [0, 0.05) is 0 Å². The van der Waals surface area contributed by atoms with E-state index in [1.54, 1.807) is 16.3 Å². The first-order valence-corrected chi connectivity index (χ1v) is 31.0. The van der Waals surface area contributed by atoms with Crippen molar-refractivity contribution in [2.24, 2.45) is 0 Å². The summed E-state index contributed by atoms with van der Waals surface area (Å²) in [5.74, 6) is 0.278. The summed E-state index contributed by atoms with van der Waals surface area (Å²) in [6, 6.07) is 46.7.